The molecule has 0 aliphatic carbocycles. The van der Waals surface area contributed by atoms with Gasteiger partial charge in [0.05, 0.1) is 13.0 Å². The first-order valence-corrected chi connectivity index (χ1v) is 7.61. The maximum Gasteiger partial charge on any atom is 0.226 e. The van der Waals surface area contributed by atoms with Crippen molar-refractivity contribution in [2.45, 2.75) is 33.6 Å². The van der Waals surface area contributed by atoms with Crippen molar-refractivity contribution in [2.24, 2.45) is 11.1 Å². The summed E-state index contributed by atoms with van der Waals surface area (Å²) in [6, 6.07) is 6.08. The van der Waals surface area contributed by atoms with Gasteiger partial charge in [0.1, 0.15) is 5.75 Å². The Balaban J connectivity index is 1.80. The van der Waals surface area contributed by atoms with Gasteiger partial charge in [0.2, 0.25) is 5.91 Å². The standard InChI is InChI=1S/C17H26N2O2/c1-13-4-5-15(14(2)10-13)21-9-6-16(20)19-8-7-17(3,11-18)12-19/h4-5,10H,6-9,11-12,18H2,1-3H3. The molecule has 1 saturated heterocycles. The summed E-state index contributed by atoms with van der Waals surface area (Å²) in [4.78, 5) is 14.1. The maximum atomic E-state index is 12.2. The lowest BCUT2D eigenvalue weighted by Crippen LogP contribution is -2.35. The van der Waals surface area contributed by atoms with Gasteiger partial charge in [-0.05, 0) is 43.9 Å². The molecule has 4 heteroatoms. The van der Waals surface area contributed by atoms with E-state index in [-0.39, 0.29) is 11.3 Å². The Hall–Kier alpha value is -1.55. The number of aryl methyl sites for hydroxylation is 2. The zero-order valence-electron chi connectivity index (χ0n) is 13.3. The predicted octanol–water partition coefficient (Wildman–Crippen LogP) is 2.27. The van der Waals surface area contributed by atoms with Gasteiger partial charge in [-0.25, -0.2) is 0 Å². The number of carbonyl (C=O) groups excluding carboxylic acids is 1. The number of hydrogen-bond donors (Lipinski definition) is 1. The normalized spacial score (nSPS) is 21.6. The molecule has 1 aliphatic heterocycles. The number of hydrogen-bond acceptors (Lipinski definition) is 3. The van der Waals surface area contributed by atoms with Crippen molar-refractivity contribution >= 4 is 5.91 Å². The van der Waals surface area contributed by atoms with E-state index in [9.17, 15) is 4.79 Å². The highest BCUT2D eigenvalue weighted by atomic mass is 16.5. The molecule has 1 aromatic rings. The van der Waals surface area contributed by atoms with Gasteiger partial charge in [0.25, 0.3) is 0 Å². The molecule has 21 heavy (non-hydrogen) atoms. The Kier molecular flexibility index (Phi) is 4.88. The smallest absolute Gasteiger partial charge is 0.226 e. The average molecular weight is 290 g/mol. The molecule has 0 bridgehead atoms. The lowest BCUT2D eigenvalue weighted by Gasteiger charge is -2.22. The third kappa shape index (κ3) is 3.97. The van der Waals surface area contributed by atoms with Crippen molar-refractivity contribution in [3.63, 3.8) is 0 Å². The van der Waals surface area contributed by atoms with Crippen LogP contribution in [-0.4, -0.2) is 37.0 Å². The Morgan fingerprint density at radius 3 is 2.81 bits per heavy atom. The second-order valence-corrected chi connectivity index (χ2v) is 6.45. The topological polar surface area (TPSA) is 55.6 Å². The summed E-state index contributed by atoms with van der Waals surface area (Å²) >= 11 is 0. The van der Waals surface area contributed by atoms with Gasteiger partial charge in [-0.15, -0.1) is 0 Å². The minimum atomic E-state index is 0.0874. The fourth-order valence-corrected chi connectivity index (χ4v) is 2.77. The average Bonchev–Trinajstić information content (AvgIpc) is 2.85. The van der Waals surface area contributed by atoms with Crippen molar-refractivity contribution in [3.8, 4) is 5.75 Å². The van der Waals surface area contributed by atoms with Crippen molar-refractivity contribution in [1.29, 1.82) is 0 Å². The molecule has 2 N–H and O–H groups in total. The highest BCUT2D eigenvalue weighted by molar-refractivity contribution is 5.76. The van der Waals surface area contributed by atoms with E-state index >= 15 is 0 Å². The number of amides is 1. The van der Waals surface area contributed by atoms with E-state index in [1.54, 1.807) is 0 Å². The molecule has 0 aromatic heterocycles. The number of nitrogens with zero attached hydrogens (tertiary/aromatic N) is 1. The van der Waals surface area contributed by atoms with Gasteiger partial charge in [0, 0.05) is 13.1 Å². The molecule has 1 fully saturated rings. The van der Waals surface area contributed by atoms with Crippen LogP contribution in [0.4, 0.5) is 0 Å². The minimum absolute atomic E-state index is 0.0874. The first kappa shape index (κ1) is 15.8. The summed E-state index contributed by atoms with van der Waals surface area (Å²) in [5.41, 5.74) is 8.19. The molecule has 1 unspecified atom stereocenters. The highest BCUT2D eigenvalue weighted by Gasteiger charge is 2.34. The molecule has 4 nitrogen and oxygen atoms in total. The van der Waals surface area contributed by atoms with Crippen LogP contribution in [0, 0.1) is 19.3 Å². The lowest BCUT2D eigenvalue weighted by atomic mass is 9.90. The fourth-order valence-electron chi connectivity index (χ4n) is 2.77. The summed E-state index contributed by atoms with van der Waals surface area (Å²) in [6.07, 6.45) is 1.42. The fraction of sp³-hybridized carbons (Fsp3) is 0.588. The second-order valence-electron chi connectivity index (χ2n) is 6.45. The van der Waals surface area contributed by atoms with Crippen LogP contribution in [0.5, 0.6) is 5.75 Å². The van der Waals surface area contributed by atoms with Crippen LogP contribution >= 0.6 is 0 Å². The summed E-state index contributed by atoms with van der Waals surface area (Å²) < 4.78 is 5.73. The van der Waals surface area contributed by atoms with Gasteiger partial charge in [0.15, 0.2) is 0 Å². The molecule has 1 heterocycles. The van der Waals surface area contributed by atoms with Crippen LogP contribution in [-0.2, 0) is 4.79 Å². The molecule has 1 aromatic carbocycles. The molecule has 2 rings (SSSR count). The van der Waals surface area contributed by atoms with E-state index in [4.69, 9.17) is 10.5 Å². The summed E-state index contributed by atoms with van der Waals surface area (Å²) in [5, 5.41) is 0. The van der Waals surface area contributed by atoms with Gasteiger partial charge in [-0.2, -0.15) is 0 Å². The number of likely N-dealkylation sites (tertiary alicyclic amines) is 1. The van der Waals surface area contributed by atoms with Gasteiger partial charge < -0.3 is 15.4 Å². The number of benzene rings is 1. The number of nitrogens with two attached hydrogens (primary N) is 1. The molecule has 0 saturated carbocycles. The molecule has 1 amide bonds. The summed E-state index contributed by atoms with van der Waals surface area (Å²) in [6.45, 7) is 8.88. The Morgan fingerprint density at radius 1 is 1.43 bits per heavy atom. The molecule has 116 valence electrons. The zero-order chi connectivity index (χ0) is 15.5. The first-order chi connectivity index (χ1) is 9.93. The van der Waals surface area contributed by atoms with E-state index < -0.39 is 0 Å². The molecular weight excluding hydrogens is 264 g/mol. The lowest BCUT2D eigenvalue weighted by molar-refractivity contribution is -0.131. The quantitative estimate of drug-likeness (QED) is 0.905. The number of rotatable bonds is 5. The van der Waals surface area contributed by atoms with E-state index in [1.807, 2.05) is 24.0 Å². The second kappa shape index (κ2) is 6.48. The predicted molar refractivity (Wildman–Crippen MR) is 84.4 cm³/mol. The minimum Gasteiger partial charge on any atom is -0.493 e. The molecular formula is C17H26N2O2. The van der Waals surface area contributed by atoms with Crippen molar-refractivity contribution in [1.82, 2.24) is 4.90 Å². The summed E-state index contributed by atoms with van der Waals surface area (Å²) in [5.74, 6) is 1.03. The molecule has 0 radical (unpaired) electrons. The van der Waals surface area contributed by atoms with Gasteiger partial charge in [-0.1, -0.05) is 24.6 Å². The van der Waals surface area contributed by atoms with E-state index in [0.29, 0.717) is 19.6 Å². The number of carbonyl (C=O) groups is 1. The van der Waals surface area contributed by atoms with Crippen LogP contribution in [0.25, 0.3) is 0 Å². The monoisotopic (exact) mass is 290 g/mol. The third-order valence-electron chi connectivity index (χ3n) is 4.31. The molecule has 1 aliphatic rings. The van der Waals surface area contributed by atoms with Crippen LogP contribution in [0.15, 0.2) is 18.2 Å². The Labute approximate surface area is 127 Å². The van der Waals surface area contributed by atoms with Gasteiger partial charge in [-0.3, -0.25) is 4.79 Å². The summed E-state index contributed by atoms with van der Waals surface area (Å²) in [7, 11) is 0. The van der Waals surface area contributed by atoms with E-state index in [2.05, 4.69) is 19.9 Å². The third-order valence-corrected chi connectivity index (χ3v) is 4.31. The largest absolute Gasteiger partial charge is 0.493 e. The van der Waals surface area contributed by atoms with Crippen LogP contribution in [0.2, 0.25) is 0 Å². The van der Waals surface area contributed by atoms with Crippen LogP contribution in [0.3, 0.4) is 0 Å². The maximum absolute atomic E-state index is 12.2. The van der Waals surface area contributed by atoms with Gasteiger partial charge >= 0.3 is 0 Å². The molecule has 1 atom stereocenters. The van der Waals surface area contributed by atoms with Crippen molar-refractivity contribution in [2.75, 3.05) is 26.2 Å². The van der Waals surface area contributed by atoms with Crippen molar-refractivity contribution in [3.05, 3.63) is 29.3 Å². The molecule has 0 spiro atoms. The SMILES string of the molecule is Cc1ccc(OCCC(=O)N2CCC(C)(CN)C2)c(C)c1. The zero-order valence-corrected chi connectivity index (χ0v) is 13.3. The highest BCUT2D eigenvalue weighted by Crippen LogP contribution is 2.28. The van der Waals surface area contributed by atoms with E-state index in [0.717, 1.165) is 30.8 Å². The number of ether oxygens (including phenoxy) is 1. The first-order valence-electron chi connectivity index (χ1n) is 7.61. The van der Waals surface area contributed by atoms with Crippen molar-refractivity contribution < 1.29 is 9.53 Å². The Morgan fingerprint density at radius 2 is 2.19 bits per heavy atom. The Bertz CT molecular complexity index is 516. The van der Waals surface area contributed by atoms with E-state index in [1.165, 1.54) is 5.56 Å². The van der Waals surface area contributed by atoms with Crippen LogP contribution < -0.4 is 10.5 Å². The van der Waals surface area contributed by atoms with Crippen LogP contribution in [0.1, 0.15) is 30.9 Å².